The number of phenols is 1. The summed E-state index contributed by atoms with van der Waals surface area (Å²) in [6.45, 7) is 0.305. The predicted octanol–water partition coefficient (Wildman–Crippen LogP) is 0.768. The molecule has 0 aliphatic carbocycles. The molecular formula is C10H14BrNO3. The Morgan fingerprint density at radius 2 is 2.07 bits per heavy atom. The van der Waals surface area contributed by atoms with E-state index in [1.807, 2.05) is 0 Å². The van der Waals surface area contributed by atoms with Gasteiger partial charge in [0.15, 0.2) is 0 Å². The maximum atomic E-state index is 9.74. The molecule has 15 heavy (non-hydrogen) atoms. The van der Waals surface area contributed by atoms with Crippen LogP contribution >= 0.6 is 15.9 Å². The van der Waals surface area contributed by atoms with Gasteiger partial charge in [0.2, 0.25) is 0 Å². The van der Waals surface area contributed by atoms with Crippen LogP contribution in [0.15, 0.2) is 22.7 Å². The first-order valence-corrected chi connectivity index (χ1v) is 5.34. The van der Waals surface area contributed by atoms with Crippen molar-refractivity contribution in [2.24, 2.45) is 0 Å². The SMILES string of the molecule is CNCC(O)C(O)c1ccc(O)c(Br)c1. The summed E-state index contributed by atoms with van der Waals surface area (Å²) in [5.74, 6) is 0.106. The summed E-state index contributed by atoms with van der Waals surface area (Å²) in [5.41, 5.74) is 0.558. The van der Waals surface area contributed by atoms with Crippen LogP contribution in [-0.2, 0) is 0 Å². The first-order valence-electron chi connectivity index (χ1n) is 4.55. The summed E-state index contributed by atoms with van der Waals surface area (Å²) in [4.78, 5) is 0. The van der Waals surface area contributed by atoms with Crippen molar-refractivity contribution >= 4 is 15.9 Å². The van der Waals surface area contributed by atoms with Gasteiger partial charge in [-0.3, -0.25) is 0 Å². The van der Waals surface area contributed by atoms with Gasteiger partial charge in [-0.2, -0.15) is 0 Å². The molecule has 1 aromatic carbocycles. The summed E-state index contributed by atoms with van der Waals surface area (Å²) in [6, 6.07) is 4.62. The Balaban J connectivity index is 2.81. The van der Waals surface area contributed by atoms with Crippen LogP contribution in [-0.4, -0.2) is 35.0 Å². The van der Waals surface area contributed by atoms with Crippen LogP contribution in [0.3, 0.4) is 0 Å². The Hall–Kier alpha value is -0.620. The molecule has 0 heterocycles. The highest BCUT2D eigenvalue weighted by molar-refractivity contribution is 9.10. The fourth-order valence-corrected chi connectivity index (χ4v) is 1.65. The largest absolute Gasteiger partial charge is 0.507 e. The van der Waals surface area contributed by atoms with Crippen molar-refractivity contribution < 1.29 is 15.3 Å². The minimum Gasteiger partial charge on any atom is -0.507 e. The zero-order valence-electron chi connectivity index (χ0n) is 8.31. The highest BCUT2D eigenvalue weighted by atomic mass is 79.9. The molecule has 0 saturated carbocycles. The molecule has 4 N–H and O–H groups in total. The van der Waals surface area contributed by atoms with Gasteiger partial charge >= 0.3 is 0 Å². The van der Waals surface area contributed by atoms with E-state index in [0.717, 1.165) is 0 Å². The Labute approximate surface area is 96.7 Å². The van der Waals surface area contributed by atoms with Gasteiger partial charge in [0, 0.05) is 6.54 Å². The van der Waals surface area contributed by atoms with Crippen molar-refractivity contribution in [1.29, 1.82) is 0 Å². The normalized spacial score (nSPS) is 14.9. The zero-order chi connectivity index (χ0) is 11.4. The number of rotatable bonds is 4. The van der Waals surface area contributed by atoms with Gasteiger partial charge in [-0.25, -0.2) is 0 Å². The second kappa shape index (κ2) is 5.46. The van der Waals surface area contributed by atoms with Crippen molar-refractivity contribution in [1.82, 2.24) is 5.32 Å². The van der Waals surface area contributed by atoms with Crippen molar-refractivity contribution in [3.63, 3.8) is 0 Å². The smallest absolute Gasteiger partial charge is 0.129 e. The minimum atomic E-state index is -0.964. The number of hydrogen-bond donors (Lipinski definition) is 4. The molecule has 0 aliphatic rings. The molecule has 0 amide bonds. The Morgan fingerprint density at radius 1 is 1.40 bits per heavy atom. The monoisotopic (exact) mass is 275 g/mol. The third-order valence-electron chi connectivity index (χ3n) is 2.09. The third kappa shape index (κ3) is 3.17. The van der Waals surface area contributed by atoms with Gasteiger partial charge in [-0.1, -0.05) is 6.07 Å². The average molecular weight is 276 g/mol. The highest BCUT2D eigenvalue weighted by Crippen LogP contribution is 2.28. The zero-order valence-corrected chi connectivity index (χ0v) is 9.90. The van der Waals surface area contributed by atoms with Crippen LogP contribution in [0.4, 0.5) is 0 Å². The summed E-state index contributed by atoms with van der Waals surface area (Å²) in [6.07, 6.45) is -1.83. The first-order chi connectivity index (χ1) is 7.06. The second-order valence-corrected chi connectivity index (χ2v) is 4.14. The molecule has 0 radical (unpaired) electrons. The number of halogens is 1. The number of aliphatic hydroxyl groups is 2. The van der Waals surface area contributed by atoms with Crippen LogP contribution in [0.2, 0.25) is 0 Å². The molecule has 4 nitrogen and oxygen atoms in total. The fraction of sp³-hybridized carbons (Fsp3) is 0.400. The van der Waals surface area contributed by atoms with Crippen LogP contribution in [0, 0.1) is 0 Å². The first kappa shape index (κ1) is 12.4. The quantitative estimate of drug-likeness (QED) is 0.655. The Bertz CT molecular complexity index is 332. The van der Waals surface area contributed by atoms with Crippen LogP contribution in [0.1, 0.15) is 11.7 Å². The molecule has 1 rings (SSSR count). The number of benzene rings is 1. The maximum absolute atomic E-state index is 9.74. The number of nitrogens with one attached hydrogen (secondary N) is 1. The van der Waals surface area contributed by atoms with E-state index < -0.39 is 12.2 Å². The summed E-state index contributed by atoms with van der Waals surface area (Å²) < 4.78 is 0.496. The molecule has 2 unspecified atom stereocenters. The van der Waals surface area contributed by atoms with Gasteiger partial charge in [0.1, 0.15) is 11.9 Å². The molecule has 84 valence electrons. The molecule has 0 saturated heterocycles. The number of phenolic OH excluding ortho intramolecular Hbond substituents is 1. The van der Waals surface area contributed by atoms with Crippen molar-refractivity contribution in [2.45, 2.75) is 12.2 Å². The molecule has 1 aromatic rings. The second-order valence-electron chi connectivity index (χ2n) is 3.28. The maximum Gasteiger partial charge on any atom is 0.129 e. The third-order valence-corrected chi connectivity index (χ3v) is 2.73. The molecule has 2 atom stereocenters. The van der Waals surface area contributed by atoms with Crippen LogP contribution < -0.4 is 5.32 Å². The topological polar surface area (TPSA) is 72.7 Å². The van der Waals surface area contributed by atoms with Crippen molar-refractivity contribution in [3.05, 3.63) is 28.2 Å². The summed E-state index contributed by atoms with van der Waals surface area (Å²) >= 11 is 3.14. The highest BCUT2D eigenvalue weighted by Gasteiger charge is 2.18. The lowest BCUT2D eigenvalue weighted by Gasteiger charge is -2.18. The van der Waals surface area contributed by atoms with Crippen molar-refractivity contribution in [2.75, 3.05) is 13.6 Å². The van der Waals surface area contributed by atoms with Crippen LogP contribution in [0.25, 0.3) is 0 Å². The van der Waals surface area contributed by atoms with Gasteiger partial charge in [0.05, 0.1) is 10.6 Å². The van der Waals surface area contributed by atoms with Crippen molar-refractivity contribution in [3.8, 4) is 5.75 Å². The van der Waals surface area contributed by atoms with E-state index in [2.05, 4.69) is 21.2 Å². The van der Waals surface area contributed by atoms with E-state index in [9.17, 15) is 15.3 Å². The number of likely N-dealkylation sites (N-methyl/N-ethyl adjacent to an activating group) is 1. The Kier molecular flexibility index (Phi) is 4.53. The minimum absolute atomic E-state index is 0.106. The predicted molar refractivity (Wildman–Crippen MR) is 60.7 cm³/mol. The molecular weight excluding hydrogens is 262 g/mol. The lowest BCUT2D eigenvalue weighted by molar-refractivity contribution is 0.0202. The molecule has 0 aromatic heterocycles. The van der Waals surface area contributed by atoms with E-state index in [-0.39, 0.29) is 5.75 Å². The molecule has 5 heteroatoms. The average Bonchev–Trinajstić information content (AvgIpc) is 2.21. The van der Waals surface area contributed by atoms with Crippen LogP contribution in [0.5, 0.6) is 5.75 Å². The van der Waals surface area contributed by atoms with E-state index >= 15 is 0 Å². The standard InChI is InChI=1S/C10H14BrNO3/c1-12-5-9(14)10(15)6-2-3-8(13)7(11)4-6/h2-4,9-10,12-15H,5H2,1H3. The molecule has 0 fully saturated rings. The van der Waals surface area contributed by atoms with E-state index in [1.54, 1.807) is 19.2 Å². The van der Waals surface area contributed by atoms with E-state index in [0.29, 0.717) is 16.6 Å². The van der Waals surface area contributed by atoms with E-state index in [1.165, 1.54) is 6.07 Å². The Morgan fingerprint density at radius 3 is 2.60 bits per heavy atom. The molecule has 0 aliphatic heterocycles. The fourth-order valence-electron chi connectivity index (χ4n) is 1.25. The molecule has 0 spiro atoms. The lowest BCUT2D eigenvalue weighted by Crippen LogP contribution is -2.29. The summed E-state index contributed by atoms with van der Waals surface area (Å²) in [7, 11) is 1.70. The molecule has 0 bridgehead atoms. The van der Waals surface area contributed by atoms with Gasteiger partial charge < -0.3 is 20.6 Å². The lowest BCUT2D eigenvalue weighted by atomic mass is 10.0. The summed E-state index contributed by atoms with van der Waals surface area (Å²) in [5, 5.41) is 31.3. The number of aliphatic hydroxyl groups excluding tert-OH is 2. The number of hydrogen-bond acceptors (Lipinski definition) is 4. The van der Waals surface area contributed by atoms with Gasteiger partial charge in [-0.05, 0) is 40.7 Å². The van der Waals surface area contributed by atoms with E-state index in [4.69, 9.17) is 0 Å². The van der Waals surface area contributed by atoms with Gasteiger partial charge in [0.25, 0.3) is 0 Å². The number of aromatic hydroxyl groups is 1. The van der Waals surface area contributed by atoms with Gasteiger partial charge in [-0.15, -0.1) is 0 Å².